The van der Waals surface area contributed by atoms with E-state index in [4.69, 9.17) is 4.98 Å². The molecule has 1 aromatic heterocycles. The van der Waals surface area contributed by atoms with Crippen molar-refractivity contribution in [1.29, 1.82) is 0 Å². The van der Waals surface area contributed by atoms with Crippen molar-refractivity contribution >= 4 is 0 Å². The van der Waals surface area contributed by atoms with Crippen LogP contribution in [0, 0.1) is 11.6 Å². The zero-order chi connectivity index (χ0) is 22.2. The summed E-state index contributed by atoms with van der Waals surface area (Å²) in [5, 5.41) is 3.53. The first-order valence-corrected chi connectivity index (χ1v) is 11.2. The summed E-state index contributed by atoms with van der Waals surface area (Å²) in [5.41, 5.74) is 3.95. The molecule has 0 spiro atoms. The number of hydrogen-bond acceptors (Lipinski definition) is 4. The number of nitrogens with zero attached hydrogens (tertiary/aromatic N) is 3. The predicted octanol–water partition coefficient (Wildman–Crippen LogP) is 4.36. The molecule has 0 saturated heterocycles. The molecule has 32 heavy (non-hydrogen) atoms. The minimum atomic E-state index is -0.204. The molecule has 3 aromatic rings. The van der Waals surface area contributed by atoms with Gasteiger partial charge in [-0.15, -0.1) is 0 Å². The van der Waals surface area contributed by atoms with Crippen LogP contribution in [0.25, 0.3) is 0 Å². The number of rotatable bonds is 4. The summed E-state index contributed by atoms with van der Waals surface area (Å²) in [6.07, 6.45) is 0.999. The minimum absolute atomic E-state index is 0.200. The molecule has 168 valence electrons. The third-order valence-corrected chi connectivity index (χ3v) is 5.66. The second-order valence-corrected chi connectivity index (χ2v) is 8.40. The molecule has 4 nitrogen and oxygen atoms in total. The average molecular weight is 437 g/mol. The lowest BCUT2D eigenvalue weighted by Crippen LogP contribution is -2.32. The van der Waals surface area contributed by atoms with E-state index >= 15 is 0 Å². The largest absolute Gasteiger partial charge is 0.315 e. The normalized spacial score (nSPS) is 16.7. The summed E-state index contributed by atoms with van der Waals surface area (Å²) < 4.78 is 27.3. The van der Waals surface area contributed by atoms with Gasteiger partial charge in [0.2, 0.25) is 0 Å². The zero-order valence-electron chi connectivity index (χ0n) is 18.3. The van der Waals surface area contributed by atoms with Crippen LogP contribution in [0.5, 0.6) is 0 Å². The number of aromatic nitrogens is 1. The van der Waals surface area contributed by atoms with Gasteiger partial charge in [0.05, 0.1) is 11.4 Å². The molecule has 0 fully saturated rings. The number of halogens is 2. The summed E-state index contributed by atoms with van der Waals surface area (Å²) in [6.45, 7) is 6.33. The molecule has 0 atom stereocenters. The van der Waals surface area contributed by atoms with E-state index < -0.39 is 0 Å². The van der Waals surface area contributed by atoms with Crippen LogP contribution >= 0.6 is 0 Å². The zero-order valence-corrected chi connectivity index (χ0v) is 18.3. The van der Waals surface area contributed by atoms with Crippen LogP contribution in [0.4, 0.5) is 8.78 Å². The maximum absolute atomic E-state index is 13.7. The Labute approximate surface area is 188 Å². The van der Waals surface area contributed by atoms with Gasteiger partial charge in [0.1, 0.15) is 11.6 Å². The third kappa shape index (κ3) is 6.92. The number of benzene rings is 2. The van der Waals surface area contributed by atoms with Gasteiger partial charge >= 0.3 is 0 Å². The van der Waals surface area contributed by atoms with Crippen LogP contribution < -0.4 is 5.32 Å². The van der Waals surface area contributed by atoms with E-state index in [-0.39, 0.29) is 11.6 Å². The lowest BCUT2D eigenvalue weighted by atomic mass is 10.2. The topological polar surface area (TPSA) is 31.4 Å². The molecule has 0 radical (unpaired) electrons. The van der Waals surface area contributed by atoms with E-state index in [9.17, 15) is 8.78 Å². The van der Waals surface area contributed by atoms with Gasteiger partial charge in [0, 0.05) is 45.8 Å². The first-order valence-electron chi connectivity index (χ1n) is 11.2. The summed E-state index contributed by atoms with van der Waals surface area (Å²) >= 11 is 0. The fraction of sp³-hybridized carbons (Fsp3) is 0.346. The Bertz CT molecular complexity index is 934. The fourth-order valence-corrected chi connectivity index (χ4v) is 4.17. The molecule has 6 heteroatoms. The first-order chi connectivity index (χ1) is 15.6. The number of hydrogen-bond donors (Lipinski definition) is 1. The van der Waals surface area contributed by atoms with Crippen LogP contribution in [0.1, 0.15) is 28.9 Å². The van der Waals surface area contributed by atoms with Crippen LogP contribution in [0.2, 0.25) is 0 Å². The Morgan fingerprint density at radius 2 is 1.28 bits per heavy atom. The van der Waals surface area contributed by atoms with E-state index in [2.05, 4.69) is 27.2 Å². The number of nitrogens with one attached hydrogen (secondary N) is 1. The van der Waals surface area contributed by atoms with Crippen LogP contribution in [0.3, 0.4) is 0 Å². The van der Waals surface area contributed by atoms with Crippen molar-refractivity contribution in [2.45, 2.75) is 32.6 Å². The monoisotopic (exact) mass is 436 g/mol. The highest BCUT2D eigenvalue weighted by molar-refractivity contribution is 5.18. The van der Waals surface area contributed by atoms with Gasteiger partial charge in [0.25, 0.3) is 0 Å². The molecule has 1 aliphatic heterocycles. The quantitative estimate of drug-likeness (QED) is 0.659. The van der Waals surface area contributed by atoms with Crippen LogP contribution in [0.15, 0.2) is 66.7 Å². The molecule has 1 aliphatic rings. The molecule has 4 rings (SSSR count). The highest BCUT2D eigenvalue weighted by Crippen LogP contribution is 2.14. The third-order valence-electron chi connectivity index (χ3n) is 5.66. The summed E-state index contributed by atoms with van der Waals surface area (Å²) in [7, 11) is 0. The molecule has 0 amide bonds. The second kappa shape index (κ2) is 11.3. The molecule has 0 unspecified atom stereocenters. The van der Waals surface area contributed by atoms with Crippen molar-refractivity contribution in [1.82, 2.24) is 20.1 Å². The molecule has 1 N–H and O–H groups in total. The molecule has 2 heterocycles. The lowest BCUT2D eigenvalue weighted by Gasteiger charge is -2.23. The molecule has 2 bridgehead atoms. The van der Waals surface area contributed by atoms with Gasteiger partial charge in [-0.25, -0.2) is 8.78 Å². The Hall–Kier alpha value is -2.67. The van der Waals surface area contributed by atoms with Gasteiger partial charge < -0.3 is 5.32 Å². The summed E-state index contributed by atoms with van der Waals surface area (Å²) in [5.74, 6) is -0.404. The van der Waals surface area contributed by atoms with Crippen molar-refractivity contribution in [2.75, 3.05) is 26.2 Å². The van der Waals surface area contributed by atoms with Crippen molar-refractivity contribution in [3.8, 4) is 0 Å². The maximum atomic E-state index is 13.7. The second-order valence-electron chi connectivity index (χ2n) is 8.40. The van der Waals surface area contributed by atoms with Gasteiger partial charge in [-0.3, -0.25) is 14.8 Å². The summed E-state index contributed by atoms with van der Waals surface area (Å²) in [4.78, 5) is 9.53. The first kappa shape index (κ1) is 22.5. The van der Waals surface area contributed by atoms with Gasteiger partial charge in [0.15, 0.2) is 0 Å². The van der Waals surface area contributed by atoms with Gasteiger partial charge in [-0.2, -0.15) is 0 Å². The Balaban J connectivity index is 1.49. The number of pyridine rings is 1. The number of fused-ring (bicyclic) bond motifs is 2. The minimum Gasteiger partial charge on any atom is -0.315 e. The van der Waals surface area contributed by atoms with Crippen molar-refractivity contribution in [3.05, 3.63) is 101 Å². The maximum Gasteiger partial charge on any atom is 0.123 e. The standard InChI is InChI=1S/C26H30F2N4/c27-23-7-1-5-21(15-23)17-31-13-4-11-29-12-14-32(18-22-6-2-8-24(28)16-22)20-26-10-3-9-25(19-31)30-26/h1-3,5-10,15-16,29H,4,11-14,17-20H2. The van der Waals surface area contributed by atoms with E-state index in [1.54, 1.807) is 24.3 Å². The Morgan fingerprint density at radius 3 is 1.88 bits per heavy atom. The molecule has 0 aliphatic carbocycles. The van der Waals surface area contributed by atoms with Crippen LogP contribution in [-0.2, 0) is 26.2 Å². The Kier molecular flexibility index (Phi) is 7.93. The predicted molar refractivity (Wildman–Crippen MR) is 123 cm³/mol. The van der Waals surface area contributed by atoms with E-state index in [1.165, 1.54) is 12.1 Å². The highest BCUT2D eigenvalue weighted by atomic mass is 19.1. The molecule has 0 saturated carbocycles. The SMILES string of the molecule is Fc1cccc(CN2CCCNCCN(Cc3cccc(F)c3)Cc3cccc(n3)C2)c1. The Morgan fingerprint density at radius 1 is 0.719 bits per heavy atom. The smallest absolute Gasteiger partial charge is 0.123 e. The van der Waals surface area contributed by atoms with E-state index in [0.29, 0.717) is 26.2 Å². The highest BCUT2D eigenvalue weighted by Gasteiger charge is 2.13. The fourth-order valence-electron chi connectivity index (χ4n) is 4.17. The van der Waals surface area contributed by atoms with E-state index in [0.717, 1.165) is 55.1 Å². The van der Waals surface area contributed by atoms with Crippen molar-refractivity contribution in [3.63, 3.8) is 0 Å². The molecule has 2 aromatic carbocycles. The van der Waals surface area contributed by atoms with Gasteiger partial charge in [-0.05, 0) is 60.5 Å². The summed E-state index contributed by atoms with van der Waals surface area (Å²) in [6, 6.07) is 19.8. The molecular formula is C26H30F2N4. The molecular weight excluding hydrogens is 406 g/mol. The van der Waals surface area contributed by atoms with Crippen molar-refractivity contribution in [2.24, 2.45) is 0 Å². The van der Waals surface area contributed by atoms with Crippen LogP contribution in [-0.4, -0.2) is 41.0 Å². The lowest BCUT2D eigenvalue weighted by molar-refractivity contribution is 0.247. The van der Waals surface area contributed by atoms with E-state index in [1.807, 2.05) is 18.2 Å². The van der Waals surface area contributed by atoms with Gasteiger partial charge in [-0.1, -0.05) is 30.3 Å². The van der Waals surface area contributed by atoms with Crippen molar-refractivity contribution < 1.29 is 8.78 Å². The average Bonchev–Trinajstić information content (AvgIpc) is 2.76.